The molecule has 1 unspecified atom stereocenters. The SMILES string of the molecule is CN1CCN(CC2COc3ccc(Nc4ncc5cc(-c6c(Cl)cccc6Cl)c(NC(=O)NC(C)(C)C)nc5n4)cc3O2)CC1. The van der Waals surface area contributed by atoms with E-state index in [2.05, 4.69) is 42.8 Å². The van der Waals surface area contributed by atoms with Gasteiger partial charge in [-0.1, -0.05) is 29.3 Å². The largest absolute Gasteiger partial charge is 0.486 e. The van der Waals surface area contributed by atoms with E-state index in [0.717, 1.165) is 38.4 Å². The van der Waals surface area contributed by atoms with Crippen molar-refractivity contribution in [1.82, 2.24) is 30.1 Å². The summed E-state index contributed by atoms with van der Waals surface area (Å²) >= 11 is 13.1. The van der Waals surface area contributed by atoms with Crippen LogP contribution < -0.4 is 25.4 Å². The molecule has 6 rings (SSSR count). The Hall–Kier alpha value is -3.90. The number of rotatable bonds is 6. The molecule has 0 radical (unpaired) electrons. The minimum Gasteiger partial charge on any atom is -0.486 e. The summed E-state index contributed by atoms with van der Waals surface area (Å²) in [5, 5.41) is 10.5. The lowest BCUT2D eigenvalue weighted by Gasteiger charge is -2.36. The van der Waals surface area contributed by atoms with Gasteiger partial charge in [-0.05, 0) is 58.2 Å². The minimum atomic E-state index is -0.462. The molecule has 11 nitrogen and oxygen atoms in total. The van der Waals surface area contributed by atoms with Gasteiger partial charge in [0.15, 0.2) is 17.1 Å². The number of likely N-dealkylation sites (N-methyl/N-ethyl adjacent to an activating group) is 1. The number of anilines is 3. The number of amides is 2. The van der Waals surface area contributed by atoms with Crippen molar-refractivity contribution in [3.63, 3.8) is 0 Å². The highest BCUT2D eigenvalue weighted by Crippen LogP contribution is 2.40. The first-order chi connectivity index (χ1) is 21.5. The fraction of sp³-hybridized carbons (Fsp3) is 0.375. The van der Waals surface area contributed by atoms with Gasteiger partial charge in [-0.25, -0.2) is 14.8 Å². The molecule has 2 aromatic heterocycles. The molecule has 45 heavy (non-hydrogen) atoms. The van der Waals surface area contributed by atoms with Gasteiger partial charge >= 0.3 is 6.03 Å². The number of benzene rings is 2. The van der Waals surface area contributed by atoms with Crippen LogP contribution in [0.2, 0.25) is 10.0 Å². The number of carbonyl (C=O) groups excluding carboxylic acids is 1. The lowest BCUT2D eigenvalue weighted by Crippen LogP contribution is -2.49. The van der Waals surface area contributed by atoms with Crippen LogP contribution in [0, 0.1) is 0 Å². The van der Waals surface area contributed by atoms with Crippen LogP contribution in [0.4, 0.5) is 22.2 Å². The van der Waals surface area contributed by atoms with Gasteiger partial charge in [0.25, 0.3) is 0 Å². The molecule has 0 saturated carbocycles. The molecule has 0 aliphatic carbocycles. The highest BCUT2D eigenvalue weighted by molar-refractivity contribution is 6.39. The zero-order valence-corrected chi connectivity index (χ0v) is 27.2. The molecule has 2 aliphatic rings. The Morgan fingerprint density at radius 2 is 1.78 bits per heavy atom. The van der Waals surface area contributed by atoms with Gasteiger partial charge in [-0.2, -0.15) is 4.98 Å². The summed E-state index contributed by atoms with van der Waals surface area (Å²) < 4.78 is 12.3. The number of urea groups is 1. The maximum atomic E-state index is 12.9. The lowest BCUT2D eigenvalue weighted by atomic mass is 10.0. The zero-order valence-electron chi connectivity index (χ0n) is 25.7. The maximum Gasteiger partial charge on any atom is 0.320 e. The summed E-state index contributed by atoms with van der Waals surface area (Å²) in [5.41, 5.74) is 1.74. The van der Waals surface area contributed by atoms with E-state index in [-0.39, 0.29) is 11.9 Å². The summed E-state index contributed by atoms with van der Waals surface area (Å²) in [6.45, 7) is 11.1. The summed E-state index contributed by atoms with van der Waals surface area (Å²) in [7, 11) is 2.15. The summed E-state index contributed by atoms with van der Waals surface area (Å²) in [4.78, 5) is 31.5. The van der Waals surface area contributed by atoms with Gasteiger partial charge in [-0.3, -0.25) is 10.2 Å². The van der Waals surface area contributed by atoms with Gasteiger partial charge in [0.05, 0.1) is 10.0 Å². The first kappa shape index (κ1) is 31.1. The van der Waals surface area contributed by atoms with Crippen LogP contribution in [0.5, 0.6) is 11.5 Å². The first-order valence-corrected chi connectivity index (χ1v) is 15.6. The molecule has 4 heterocycles. The highest BCUT2D eigenvalue weighted by atomic mass is 35.5. The van der Waals surface area contributed by atoms with Crippen molar-refractivity contribution < 1.29 is 14.3 Å². The normalized spacial score (nSPS) is 17.2. The molecular formula is C32H36Cl2N8O3. The average molecular weight is 652 g/mol. The van der Waals surface area contributed by atoms with E-state index >= 15 is 0 Å². The summed E-state index contributed by atoms with van der Waals surface area (Å²) in [6, 6.07) is 12.3. The van der Waals surface area contributed by atoms with Crippen LogP contribution in [-0.2, 0) is 0 Å². The first-order valence-electron chi connectivity index (χ1n) is 14.8. The van der Waals surface area contributed by atoms with Crippen LogP contribution >= 0.6 is 23.2 Å². The topological polar surface area (TPSA) is 117 Å². The van der Waals surface area contributed by atoms with Crippen molar-refractivity contribution in [1.29, 1.82) is 0 Å². The maximum absolute atomic E-state index is 12.9. The molecule has 1 saturated heterocycles. The Kier molecular flexibility index (Phi) is 8.87. The van der Waals surface area contributed by atoms with E-state index in [4.69, 9.17) is 37.7 Å². The number of pyridine rings is 1. The van der Waals surface area contributed by atoms with Crippen molar-refractivity contribution in [3.8, 4) is 22.6 Å². The Balaban J connectivity index is 1.25. The number of ether oxygens (including phenoxy) is 2. The van der Waals surface area contributed by atoms with Crippen LogP contribution in [0.15, 0.2) is 48.7 Å². The summed E-state index contributed by atoms with van der Waals surface area (Å²) in [6.07, 6.45) is 1.61. The number of piperazine rings is 1. The molecule has 236 valence electrons. The Bertz CT molecular complexity index is 1700. The van der Waals surface area contributed by atoms with Crippen LogP contribution in [0.1, 0.15) is 20.8 Å². The molecule has 4 aromatic rings. The molecular weight excluding hydrogens is 615 g/mol. The van der Waals surface area contributed by atoms with Gasteiger partial charge in [0.1, 0.15) is 18.5 Å². The van der Waals surface area contributed by atoms with Gasteiger partial charge in [-0.15, -0.1) is 0 Å². The molecule has 13 heteroatoms. The lowest BCUT2D eigenvalue weighted by molar-refractivity contribution is 0.0441. The number of hydrogen-bond acceptors (Lipinski definition) is 9. The predicted molar refractivity (Wildman–Crippen MR) is 178 cm³/mol. The van der Waals surface area contributed by atoms with E-state index in [0.29, 0.717) is 56.3 Å². The number of hydrogen-bond donors (Lipinski definition) is 3. The number of carbonyl (C=O) groups is 1. The van der Waals surface area contributed by atoms with Crippen LogP contribution in [0.3, 0.4) is 0 Å². The molecule has 3 N–H and O–H groups in total. The van der Waals surface area contributed by atoms with Crippen molar-refractivity contribution in [2.75, 3.05) is 57.0 Å². The number of fused-ring (bicyclic) bond motifs is 2. The molecule has 1 atom stereocenters. The van der Waals surface area contributed by atoms with Crippen molar-refractivity contribution in [2.24, 2.45) is 0 Å². The van der Waals surface area contributed by atoms with Crippen LogP contribution in [-0.4, -0.2) is 88.8 Å². The zero-order chi connectivity index (χ0) is 31.7. The van der Waals surface area contributed by atoms with Gasteiger partial charge in [0, 0.05) is 72.7 Å². The van der Waals surface area contributed by atoms with Crippen molar-refractivity contribution in [2.45, 2.75) is 32.4 Å². The number of nitrogens with zero attached hydrogens (tertiary/aromatic N) is 5. The van der Waals surface area contributed by atoms with E-state index in [9.17, 15) is 4.79 Å². The number of nitrogens with one attached hydrogen (secondary N) is 3. The fourth-order valence-corrected chi connectivity index (χ4v) is 5.88. The van der Waals surface area contributed by atoms with E-state index in [1.165, 1.54) is 0 Å². The Morgan fingerprint density at radius 3 is 2.51 bits per heavy atom. The third-order valence-electron chi connectivity index (χ3n) is 7.50. The molecule has 0 bridgehead atoms. The quantitative estimate of drug-likeness (QED) is 0.229. The molecule has 2 aliphatic heterocycles. The average Bonchev–Trinajstić information content (AvgIpc) is 2.97. The standard InChI is InChI=1S/C32H36Cl2N8O3/c1-32(2,3)40-31(43)39-29-22(27-23(33)6-5-7-24(27)34)14-19-16-35-30(38-28(19)37-29)36-20-8-9-25-26(15-20)45-21(18-44-25)17-42-12-10-41(4)11-13-42/h5-9,14-16,21H,10-13,17-18H2,1-4H3,(H3,35,36,37,38,39,40,43). The fourth-order valence-electron chi connectivity index (χ4n) is 5.28. The second kappa shape index (κ2) is 12.8. The third-order valence-corrected chi connectivity index (χ3v) is 8.13. The second-order valence-electron chi connectivity index (χ2n) is 12.4. The van der Waals surface area contributed by atoms with Crippen molar-refractivity contribution in [3.05, 3.63) is 58.7 Å². The number of aromatic nitrogens is 3. The van der Waals surface area contributed by atoms with Crippen molar-refractivity contribution >= 4 is 57.7 Å². The van der Waals surface area contributed by atoms with E-state index in [1.807, 2.05) is 45.0 Å². The Labute approximate surface area is 272 Å². The van der Waals surface area contributed by atoms with E-state index < -0.39 is 11.6 Å². The molecule has 1 fully saturated rings. The minimum absolute atomic E-state index is 0.0560. The second-order valence-corrected chi connectivity index (χ2v) is 13.2. The molecule has 2 aromatic carbocycles. The van der Waals surface area contributed by atoms with Crippen LogP contribution in [0.25, 0.3) is 22.2 Å². The van der Waals surface area contributed by atoms with E-state index in [1.54, 1.807) is 24.4 Å². The molecule has 0 spiro atoms. The third kappa shape index (κ3) is 7.50. The Morgan fingerprint density at radius 1 is 1.02 bits per heavy atom. The number of halogens is 2. The summed E-state index contributed by atoms with van der Waals surface area (Å²) in [5.74, 6) is 1.96. The van der Waals surface area contributed by atoms with Gasteiger partial charge < -0.3 is 25.0 Å². The monoisotopic (exact) mass is 650 g/mol. The predicted octanol–water partition coefficient (Wildman–Crippen LogP) is 6.05. The molecule has 2 amide bonds. The smallest absolute Gasteiger partial charge is 0.320 e. The highest BCUT2D eigenvalue weighted by Gasteiger charge is 2.26. The van der Waals surface area contributed by atoms with Gasteiger partial charge in [0.2, 0.25) is 5.95 Å².